The number of hydrogen-bond acceptors (Lipinski definition) is 7. The third kappa shape index (κ3) is 15.3. The molecule has 9 heteroatoms. The second kappa shape index (κ2) is 17.4. The minimum absolute atomic E-state index is 0.0420. The summed E-state index contributed by atoms with van der Waals surface area (Å²) in [5, 5.41) is 8.25. The highest BCUT2D eigenvalue weighted by Gasteiger charge is 2.39. The molecular formula is C17H37NO7Si. The molecule has 0 saturated heterocycles. The van der Waals surface area contributed by atoms with E-state index in [0.29, 0.717) is 26.4 Å². The van der Waals surface area contributed by atoms with Crippen molar-refractivity contribution in [2.24, 2.45) is 5.73 Å². The molecule has 0 aliphatic carbocycles. The van der Waals surface area contributed by atoms with E-state index in [1.807, 2.05) is 27.7 Å². The number of carboxylic acid groups (broad SMARTS) is 1. The summed E-state index contributed by atoms with van der Waals surface area (Å²) in [5.41, 5.74) is 5.48. The Labute approximate surface area is 158 Å². The fourth-order valence-electron chi connectivity index (χ4n) is 1.90. The molecule has 0 fully saturated rings. The minimum atomic E-state index is -2.40. The van der Waals surface area contributed by atoms with Gasteiger partial charge in [0.15, 0.2) is 0 Å². The number of nitrogens with two attached hydrogens (primary N) is 1. The van der Waals surface area contributed by atoms with Crippen molar-refractivity contribution in [1.29, 1.82) is 0 Å². The average Bonchev–Trinajstić information content (AvgIpc) is 2.59. The molecule has 0 spiro atoms. The molecule has 0 aromatic heterocycles. The van der Waals surface area contributed by atoms with E-state index in [-0.39, 0.29) is 18.9 Å². The summed E-state index contributed by atoms with van der Waals surface area (Å²) < 4.78 is 21.8. The van der Waals surface area contributed by atoms with Crippen LogP contribution in [0, 0.1) is 0 Å². The molecule has 0 radical (unpaired) electrons. The molecule has 1 unspecified atom stereocenters. The molecule has 3 N–H and O–H groups in total. The predicted octanol–water partition coefficient (Wildman–Crippen LogP) is 2.58. The van der Waals surface area contributed by atoms with E-state index in [9.17, 15) is 9.59 Å². The Morgan fingerprint density at radius 1 is 1.00 bits per heavy atom. The second-order valence-corrected chi connectivity index (χ2v) is 8.21. The zero-order chi connectivity index (χ0) is 20.4. The van der Waals surface area contributed by atoms with Gasteiger partial charge in [-0.1, -0.05) is 6.92 Å². The molecule has 1 atom stereocenters. The molecule has 0 aromatic carbocycles. The van der Waals surface area contributed by atoms with Crippen molar-refractivity contribution in [3.63, 3.8) is 0 Å². The summed E-state index contributed by atoms with van der Waals surface area (Å²) in [4.78, 5) is 20.9. The standard InChI is InChI=1S/C9H23NO3Si.C8H14O4/c1-4-11-14(12-5-2,13-6-3)9-7-8-10;1-3-6(2)12-8(11)5-4-7(9)10/h4-10H2,1-3H3;6H,3-5H2,1-2H3,(H,9,10). The van der Waals surface area contributed by atoms with Crippen LogP contribution in [0.15, 0.2) is 0 Å². The van der Waals surface area contributed by atoms with E-state index in [1.54, 1.807) is 6.92 Å². The highest BCUT2D eigenvalue weighted by atomic mass is 28.4. The predicted molar refractivity (Wildman–Crippen MR) is 102 cm³/mol. The smallest absolute Gasteiger partial charge is 0.481 e. The lowest BCUT2D eigenvalue weighted by Crippen LogP contribution is -2.46. The molecule has 0 rings (SSSR count). The molecule has 0 aliphatic heterocycles. The van der Waals surface area contributed by atoms with Crippen LogP contribution in [-0.4, -0.2) is 58.3 Å². The minimum Gasteiger partial charge on any atom is -0.481 e. The first-order valence-electron chi connectivity index (χ1n) is 9.33. The molecule has 26 heavy (non-hydrogen) atoms. The Hall–Kier alpha value is -1.00. The van der Waals surface area contributed by atoms with Gasteiger partial charge in [-0.2, -0.15) is 0 Å². The van der Waals surface area contributed by atoms with E-state index in [0.717, 1.165) is 18.9 Å². The van der Waals surface area contributed by atoms with Crippen LogP contribution in [0.1, 0.15) is 60.3 Å². The molecule has 0 aromatic rings. The van der Waals surface area contributed by atoms with Gasteiger partial charge in [-0.3, -0.25) is 9.59 Å². The maximum absolute atomic E-state index is 10.8. The summed E-state index contributed by atoms with van der Waals surface area (Å²) in [5.74, 6) is -1.41. The molecular weight excluding hydrogens is 358 g/mol. The van der Waals surface area contributed by atoms with Crippen molar-refractivity contribution in [2.45, 2.75) is 72.5 Å². The topological polar surface area (TPSA) is 117 Å². The number of hydrogen-bond donors (Lipinski definition) is 2. The Balaban J connectivity index is 0. The van der Waals surface area contributed by atoms with E-state index < -0.39 is 20.7 Å². The van der Waals surface area contributed by atoms with Gasteiger partial charge in [-0.25, -0.2) is 0 Å². The number of esters is 1. The zero-order valence-corrected chi connectivity index (χ0v) is 17.9. The molecule has 0 bridgehead atoms. The molecule has 156 valence electrons. The Morgan fingerprint density at radius 3 is 1.85 bits per heavy atom. The van der Waals surface area contributed by atoms with Gasteiger partial charge in [0.05, 0.1) is 18.9 Å². The third-order valence-electron chi connectivity index (χ3n) is 3.23. The van der Waals surface area contributed by atoms with Crippen LogP contribution in [0.4, 0.5) is 0 Å². The molecule has 0 amide bonds. The number of ether oxygens (including phenoxy) is 1. The monoisotopic (exact) mass is 395 g/mol. The first kappa shape index (κ1) is 27.2. The molecule has 0 saturated carbocycles. The lowest BCUT2D eigenvalue weighted by Gasteiger charge is -2.28. The van der Waals surface area contributed by atoms with E-state index in [2.05, 4.69) is 0 Å². The highest BCUT2D eigenvalue weighted by Crippen LogP contribution is 2.17. The zero-order valence-electron chi connectivity index (χ0n) is 16.9. The number of carboxylic acids is 1. The van der Waals surface area contributed by atoms with Crippen molar-refractivity contribution in [1.82, 2.24) is 0 Å². The van der Waals surface area contributed by atoms with Crippen molar-refractivity contribution < 1.29 is 32.7 Å². The van der Waals surface area contributed by atoms with Crippen LogP contribution in [0.2, 0.25) is 6.04 Å². The van der Waals surface area contributed by atoms with Gasteiger partial charge in [0, 0.05) is 25.9 Å². The first-order valence-corrected chi connectivity index (χ1v) is 11.3. The fourth-order valence-corrected chi connectivity index (χ4v) is 4.54. The van der Waals surface area contributed by atoms with Crippen LogP contribution in [0.3, 0.4) is 0 Å². The normalized spacial score (nSPS) is 12.1. The van der Waals surface area contributed by atoms with Gasteiger partial charge in [-0.15, -0.1) is 0 Å². The Morgan fingerprint density at radius 2 is 1.50 bits per heavy atom. The van der Waals surface area contributed by atoms with Crippen LogP contribution < -0.4 is 5.73 Å². The van der Waals surface area contributed by atoms with Crippen molar-refractivity contribution in [2.75, 3.05) is 26.4 Å². The van der Waals surface area contributed by atoms with E-state index >= 15 is 0 Å². The van der Waals surface area contributed by atoms with Crippen LogP contribution >= 0.6 is 0 Å². The van der Waals surface area contributed by atoms with Crippen LogP contribution in [-0.2, 0) is 27.6 Å². The number of rotatable bonds is 14. The number of aliphatic carboxylic acids is 1. The van der Waals surface area contributed by atoms with Gasteiger partial charge < -0.3 is 28.9 Å². The Bertz CT molecular complexity index is 352. The summed E-state index contributed by atoms with van der Waals surface area (Å²) in [6.45, 7) is 12.1. The van der Waals surface area contributed by atoms with E-state index in [1.165, 1.54) is 0 Å². The fraction of sp³-hybridized carbons (Fsp3) is 0.882. The lowest BCUT2D eigenvalue weighted by molar-refractivity contribution is -0.151. The lowest BCUT2D eigenvalue weighted by atomic mass is 10.3. The summed E-state index contributed by atoms with van der Waals surface area (Å²) in [7, 11) is -2.40. The number of carbonyl (C=O) groups excluding carboxylic acids is 1. The van der Waals surface area contributed by atoms with Crippen molar-refractivity contribution in [3.05, 3.63) is 0 Å². The maximum atomic E-state index is 10.8. The van der Waals surface area contributed by atoms with Gasteiger partial charge in [0.25, 0.3) is 0 Å². The third-order valence-corrected chi connectivity index (χ3v) is 6.38. The maximum Gasteiger partial charge on any atom is 0.500 e. The van der Waals surface area contributed by atoms with Gasteiger partial charge >= 0.3 is 20.7 Å². The molecule has 8 nitrogen and oxygen atoms in total. The second-order valence-electron chi connectivity index (χ2n) is 5.48. The first-order chi connectivity index (χ1) is 12.3. The van der Waals surface area contributed by atoms with E-state index in [4.69, 9.17) is 28.9 Å². The Kier molecular flexibility index (Phi) is 18.2. The highest BCUT2D eigenvalue weighted by molar-refractivity contribution is 6.60. The summed E-state index contributed by atoms with van der Waals surface area (Å²) in [6.07, 6.45) is 1.33. The largest absolute Gasteiger partial charge is 0.500 e. The SMILES string of the molecule is CCC(C)OC(=O)CCC(=O)O.CCO[Si](CCCN)(OCC)OCC. The van der Waals surface area contributed by atoms with Crippen molar-refractivity contribution >= 4 is 20.7 Å². The van der Waals surface area contributed by atoms with Crippen LogP contribution in [0.25, 0.3) is 0 Å². The molecule has 0 heterocycles. The van der Waals surface area contributed by atoms with Gasteiger partial charge in [0.2, 0.25) is 0 Å². The average molecular weight is 396 g/mol. The quantitative estimate of drug-likeness (QED) is 0.340. The summed E-state index contributed by atoms with van der Waals surface area (Å²) in [6, 6.07) is 0.818. The van der Waals surface area contributed by atoms with Gasteiger partial charge in [0.1, 0.15) is 0 Å². The summed E-state index contributed by atoms with van der Waals surface area (Å²) >= 11 is 0. The van der Waals surface area contributed by atoms with Crippen LogP contribution in [0.5, 0.6) is 0 Å². The molecule has 0 aliphatic rings. The van der Waals surface area contributed by atoms with Crippen molar-refractivity contribution in [3.8, 4) is 0 Å². The van der Waals surface area contributed by atoms with Gasteiger partial charge in [-0.05, 0) is 47.1 Å². The number of carbonyl (C=O) groups is 2.